The van der Waals surface area contributed by atoms with Crippen molar-refractivity contribution in [1.29, 1.82) is 0 Å². The first kappa shape index (κ1) is 20.5. The highest BCUT2D eigenvalue weighted by atomic mass is 16.5. The Bertz CT molecular complexity index is 729. The van der Waals surface area contributed by atoms with Gasteiger partial charge in [-0.05, 0) is 31.5 Å². The zero-order valence-corrected chi connectivity index (χ0v) is 16.7. The van der Waals surface area contributed by atoms with E-state index in [1.165, 1.54) is 0 Å². The lowest BCUT2D eigenvalue weighted by molar-refractivity contribution is 0.310. The highest BCUT2D eigenvalue weighted by Crippen LogP contribution is 2.28. The SMILES string of the molecule is CCNC(=NCc1ccc(OCC)c(OC)c1)NCCn1cnnc1CC. The summed E-state index contributed by atoms with van der Waals surface area (Å²) in [6, 6.07) is 5.89. The normalized spacial score (nSPS) is 11.3. The number of aromatic nitrogens is 3. The van der Waals surface area contributed by atoms with Gasteiger partial charge in [0.2, 0.25) is 0 Å². The fourth-order valence-corrected chi connectivity index (χ4v) is 2.63. The Morgan fingerprint density at radius 1 is 1.19 bits per heavy atom. The minimum Gasteiger partial charge on any atom is -0.493 e. The quantitative estimate of drug-likeness (QED) is 0.489. The number of hydrogen-bond acceptors (Lipinski definition) is 5. The summed E-state index contributed by atoms with van der Waals surface area (Å²) in [5.41, 5.74) is 1.06. The van der Waals surface area contributed by atoms with Crippen LogP contribution in [0.2, 0.25) is 0 Å². The van der Waals surface area contributed by atoms with Gasteiger partial charge in [-0.1, -0.05) is 13.0 Å². The number of hydrogen-bond donors (Lipinski definition) is 2. The smallest absolute Gasteiger partial charge is 0.191 e. The van der Waals surface area contributed by atoms with Gasteiger partial charge in [-0.3, -0.25) is 0 Å². The third kappa shape index (κ3) is 6.16. The van der Waals surface area contributed by atoms with E-state index in [4.69, 9.17) is 9.47 Å². The van der Waals surface area contributed by atoms with Crippen molar-refractivity contribution in [3.05, 3.63) is 35.9 Å². The van der Waals surface area contributed by atoms with Gasteiger partial charge < -0.3 is 24.7 Å². The van der Waals surface area contributed by atoms with Crippen LogP contribution in [0.15, 0.2) is 29.5 Å². The number of aliphatic imine (C=N–C) groups is 1. The molecule has 2 N–H and O–H groups in total. The van der Waals surface area contributed by atoms with Gasteiger partial charge in [0, 0.05) is 26.1 Å². The summed E-state index contributed by atoms with van der Waals surface area (Å²) in [5.74, 6) is 3.23. The van der Waals surface area contributed by atoms with Crippen molar-refractivity contribution in [3.8, 4) is 11.5 Å². The molecule has 8 heteroatoms. The lowest BCUT2D eigenvalue weighted by atomic mass is 10.2. The second kappa shape index (κ2) is 11.1. The molecule has 2 aromatic rings. The van der Waals surface area contributed by atoms with Crippen molar-refractivity contribution in [1.82, 2.24) is 25.4 Å². The van der Waals surface area contributed by atoms with Crippen molar-refractivity contribution in [2.75, 3.05) is 26.8 Å². The third-order valence-corrected chi connectivity index (χ3v) is 3.95. The first-order chi connectivity index (χ1) is 13.2. The lowest BCUT2D eigenvalue weighted by Gasteiger charge is -2.13. The molecule has 0 saturated carbocycles. The molecule has 27 heavy (non-hydrogen) atoms. The van der Waals surface area contributed by atoms with E-state index in [0.29, 0.717) is 13.2 Å². The van der Waals surface area contributed by atoms with E-state index < -0.39 is 0 Å². The summed E-state index contributed by atoms with van der Waals surface area (Å²) in [6.07, 6.45) is 2.63. The molecule has 1 aromatic carbocycles. The van der Waals surface area contributed by atoms with Crippen LogP contribution in [0.3, 0.4) is 0 Å². The number of ether oxygens (including phenoxy) is 2. The summed E-state index contributed by atoms with van der Waals surface area (Å²) < 4.78 is 13.0. The average Bonchev–Trinajstić information content (AvgIpc) is 3.14. The molecule has 0 unspecified atom stereocenters. The maximum Gasteiger partial charge on any atom is 0.191 e. The molecule has 0 aliphatic carbocycles. The van der Waals surface area contributed by atoms with Gasteiger partial charge in [0.25, 0.3) is 0 Å². The molecule has 0 radical (unpaired) electrons. The van der Waals surface area contributed by atoms with Gasteiger partial charge in [-0.25, -0.2) is 4.99 Å². The van der Waals surface area contributed by atoms with Crippen molar-refractivity contribution in [2.45, 2.75) is 40.3 Å². The zero-order valence-electron chi connectivity index (χ0n) is 16.7. The molecule has 8 nitrogen and oxygen atoms in total. The molecule has 148 valence electrons. The van der Waals surface area contributed by atoms with Crippen LogP contribution in [-0.4, -0.2) is 47.5 Å². The van der Waals surface area contributed by atoms with Crippen LogP contribution in [0.5, 0.6) is 11.5 Å². The molecular formula is C19H30N6O2. The van der Waals surface area contributed by atoms with E-state index in [-0.39, 0.29) is 0 Å². The predicted octanol–water partition coefficient (Wildman–Crippen LogP) is 2.00. The molecule has 2 rings (SSSR count). The number of rotatable bonds is 10. The standard InChI is InChI=1S/C19H30N6O2/c1-5-18-24-23-14-25(18)11-10-21-19(20-6-2)22-13-15-8-9-16(27-7-3)17(12-15)26-4/h8-9,12,14H,5-7,10-11,13H2,1-4H3,(H2,20,21,22). The van der Waals surface area contributed by atoms with Crippen LogP contribution < -0.4 is 20.1 Å². The molecule has 0 atom stereocenters. The van der Waals surface area contributed by atoms with Gasteiger partial charge >= 0.3 is 0 Å². The highest BCUT2D eigenvalue weighted by molar-refractivity contribution is 5.79. The molecule has 1 heterocycles. The Morgan fingerprint density at radius 2 is 2.04 bits per heavy atom. The summed E-state index contributed by atoms with van der Waals surface area (Å²) in [5, 5.41) is 14.7. The van der Waals surface area contributed by atoms with Gasteiger partial charge in [0.15, 0.2) is 17.5 Å². The van der Waals surface area contributed by atoms with Crippen LogP contribution in [-0.2, 0) is 19.5 Å². The first-order valence-electron chi connectivity index (χ1n) is 9.40. The Hall–Kier alpha value is -2.77. The predicted molar refractivity (Wildman–Crippen MR) is 106 cm³/mol. The van der Waals surface area contributed by atoms with Crippen molar-refractivity contribution in [3.63, 3.8) is 0 Å². The zero-order chi connectivity index (χ0) is 19.5. The van der Waals surface area contributed by atoms with Crippen LogP contribution >= 0.6 is 0 Å². The van der Waals surface area contributed by atoms with Crippen LogP contribution in [0, 0.1) is 0 Å². The van der Waals surface area contributed by atoms with Gasteiger partial charge in [0.05, 0.1) is 20.3 Å². The number of aryl methyl sites for hydroxylation is 1. The lowest BCUT2D eigenvalue weighted by Crippen LogP contribution is -2.38. The first-order valence-corrected chi connectivity index (χ1v) is 9.40. The van der Waals surface area contributed by atoms with Gasteiger partial charge in [0.1, 0.15) is 12.2 Å². The van der Waals surface area contributed by atoms with E-state index in [9.17, 15) is 0 Å². The molecule has 0 aliphatic rings. The topological polar surface area (TPSA) is 85.6 Å². The van der Waals surface area contributed by atoms with E-state index in [0.717, 1.165) is 54.9 Å². The second-order valence-electron chi connectivity index (χ2n) is 5.83. The Morgan fingerprint density at radius 3 is 2.74 bits per heavy atom. The van der Waals surface area contributed by atoms with Gasteiger partial charge in [-0.15, -0.1) is 10.2 Å². The molecule has 0 amide bonds. The van der Waals surface area contributed by atoms with Gasteiger partial charge in [-0.2, -0.15) is 0 Å². The van der Waals surface area contributed by atoms with Crippen LogP contribution in [0.1, 0.15) is 32.2 Å². The fourth-order valence-electron chi connectivity index (χ4n) is 2.63. The number of nitrogens with one attached hydrogen (secondary N) is 2. The number of methoxy groups -OCH3 is 1. The Labute approximate surface area is 161 Å². The summed E-state index contributed by atoms with van der Waals surface area (Å²) in [4.78, 5) is 4.65. The maximum atomic E-state index is 5.56. The monoisotopic (exact) mass is 374 g/mol. The second-order valence-corrected chi connectivity index (χ2v) is 5.83. The van der Waals surface area contributed by atoms with E-state index in [1.54, 1.807) is 13.4 Å². The molecule has 0 spiro atoms. The minimum absolute atomic E-state index is 0.547. The van der Waals surface area contributed by atoms with Crippen molar-refractivity contribution in [2.24, 2.45) is 4.99 Å². The molecule has 1 aromatic heterocycles. The molecule has 0 bridgehead atoms. The average molecular weight is 374 g/mol. The van der Waals surface area contributed by atoms with Crippen molar-refractivity contribution < 1.29 is 9.47 Å². The fraction of sp³-hybridized carbons (Fsp3) is 0.526. The molecule has 0 fully saturated rings. The number of nitrogens with zero attached hydrogens (tertiary/aromatic N) is 4. The summed E-state index contributed by atoms with van der Waals surface area (Å²) >= 11 is 0. The molecule has 0 saturated heterocycles. The van der Waals surface area contributed by atoms with Crippen LogP contribution in [0.4, 0.5) is 0 Å². The van der Waals surface area contributed by atoms with E-state index >= 15 is 0 Å². The number of guanidine groups is 1. The Kier molecular flexibility index (Phi) is 8.41. The third-order valence-electron chi connectivity index (χ3n) is 3.95. The Balaban J connectivity index is 1.96. The molecule has 0 aliphatic heterocycles. The minimum atomic E-state index is 0.547. The number of benzene rings is 1. The van der Waals surface area contributed by atoms with Crippen molar-refractivity contribution >= 4 is 5.96 Å². The largest absolute Gasteiger partial charge is 0.493 e. The molecular weight excluding hydrogens is 344 g/mol. The van der Waals surface area contributed by atoms with Crippen LogP contribution in [0.25, 0.3) is 0 Å². The summed E-state index contributed by atoms with van der Waals surface area (Å²) in [6.45, 7) is 9.55. The highest BCUT2D eigenvalue weighted by Gasteiger charge is 2.06. The summed E-state index contributed by atoms with van der Waals surface area (Å²) in [7, 11) is 1.64. The van der Waals surface area contributed by atoms with E-state index in [2.05, 4.69) is 32.7 Å². The maximum absolute atomic E-state index is 5.56. The van der Waals surface area contributed by atoms with E-state index in [1.807, 2.05) is 36.6 Å².